The summed E-state index contributed by atoms with van der Waals surface area (Å²) >= 11 is 0. The third-order valence-corrected chi connectivity index (χ3v) is 5.58. The molecule has 3 aromatic carbocycles. The SMILES string of the molecule is O=c1oc(Cc2ccc(OCc3ccccc3)cc2)c(O)n1Cc1coc(C=Cc2ccccc2)n1. The lowest BCUT2D eigenvalue weighted by molar-refractivity contribution is 0.306. The summed E-state index contributed by atoms with van der Waals surface area (Å²) < 4.78 is 17.7. The largest absolute Gasteiger partial charge is 0.492 e. The number of benzene rings is 3. The summed E-state index contributed by atoms with van der Waals surface area (Å²) in [6, 6.07) is 27.1. The second kappa shape index (κ2) is 10.7. The van der Waals surface area contributed by atoms with E-state index in [0.717, 1.165) is 27.0 Å². The molecule has 0 atom stereocenters. The molecule has 0 fully saturated rings. The molecule has 2 aromatic heterocycles. The van der Waals surface area contributed by atoms with E-state index >= 15 is 0 Å². The van der Waals surface area contributed by atoms with Crippen molar-refractivity contribution < 1.29 is 18.7 Å². The van der Waals surface area contributed by atoms with Crippen LogP contribution in [0, 0.1) is 0 Å². The maximum absolute atomic E-state index is 12.4. The van der Waals surface area contributed by atoms with Gasteiger partial charge in [-0.25, -0.2) is 14.3 Å². The van der Waals surface area contributed by atoms with Gasteiger partial charge in [0.2, 0.25) is 11.8 Å². The van der Waals surface area contributed by atoms with Crippen LogP contribution in [0.3, 0.4) is 0 Å². The van der Waals surface area contributed by atoms with Crippen molar-refractivity contribution in [3.05, 3.63) is 136 Å². The Morgan fingerprint density at radius 1 is 0.889 bits per heavy atom. The second-order valence-electron chi connectivity index (χ2n) is 8.22. The summed E-state index contributed by atoms with van der Waals surface area (Å²) in [5, 5.41) is 10.6. The average Bonchev–Trinajstić information content (AvgIpc) is 3.48. The summed E-state index contributed by atoms with van der Waals surface area (Å²) in [5.74, 6) is 0.433. The molecule has 7 heteroatoms. The molecular weight excluding hydrogens is 456 g/mol. The molecule has 1 N–H and O–H groups in total. The molecule has 0 saturated carbocycles. The first-order valence-corrected chi connectivity index (χ1v) is 11.5. The average molecular weight is 481 g/mol. The number of aromatic hydroxyl groups is 1. The number of hydrogen-bond acceptors (Lipinski definition) is 6. The van der Waals surface area contributed by atoms with E-state index in [9.17, 15) is 9.90 Å². The number of ether oxygens (including phenoxy) is 1. The van der Waals surface area contributed by atoms with E-state index in [1.54, 1.807) is 6.08 Å². The first-order chi connectivity index (χ1) is 17.6. The van der Waals surface area contributed by atoms with E-state index in [4.69, 9.17) is 13.6 Å². The molecule has 0 aliphatic heterocycles. The monoisotopic (exact) mass is 480 g/mol. The van der Waals surface area contributed by atoms with E-state index in [2.05, 4.69) is 4.98 Å². The minimum Gasteiger partial charge on any atom is -0.492 e. The number of nitrogens with zero attached hydrogens (tertiary/aromatic N) is 2. The Balaban J connectivity index is 1.22. The lowest BCUT2D eigenvalue weighted by Gasteiger charge is -2.07. The molecule has 0 unspecified atom stereocenters. The van der Waals surface area contributed by atoms with Gasteiger partial charge in [-0.3, -0.25) is 0 Å². The molecule has 0 bridgehead atoms. The zero-order valence-corrected chi connectivity index (χ0v) is 19.4. The highest BCUT2D eigenvalue weighted by molar-refractivity contribution is 5.65. The molecule has 0 radical (unpaired) electrons. The van der Waals surface area contributed by atoms with Crippen molar-refractivity contribution >= 4 is 12.2 Å². The smallest absolute Gasteiger partial charge is 0.422 e. The summed E-state index contributed by atoms with van der Waals surface area (Å²) in [6.45, 7) is 0.508. The number of rotatable bonds is 9. The van der Waals surface area contributed by atoms with Crippen molar-refractivity contribution in [1.82, 2.24) is 9.55 Å². The van der Waals surface area contributed by atoms with Gasteiger partial charge in [0.25, 0.3) is 0 Å². The van der Waals surface area contributed by atoms with Gasteiger partial charge < -0.3 is 18.7 Å². The molecule has 0 spiro atoms. The fraction of sp³-hybridized carbons (Fsp3) is 0.103. The minimum atomic E-state index is -0.658. The van der Waals surface area contributed by atoms with Gasteiger partial charge in [0.15, 0.2) is 5.76 Å². The number of oxazole rings is 2. The predicted octanol–water partition coefficient (Wildman–Crippen LogP) is 5.52. The maximum Gasteiger partial charge on any atom is 0.422 e. The third kappa shape index (κ3) is 5.64. The van der Waals surface area contributed by atoms with Gasteiger partial charge in [-0.15, -0.1) is 0 Å². The minimum absolute atomic E-state index is 0.0309. The quantitative estimate of drug-likeness (QED) is 0.299. The fourth-order valence-corrected chi connectivity index (χ4v) is 3.69. The van der Waals surface area contributed by atoms with Crippen LogP contribution in [0.25, 0.3) is 12.2 Å². The summed E-state index contributed by atoms with van der Waals surface area (Å²) in [4.78, 5) is 16.8. The van der Waals surface area contributed by atoms with Crippen LogP contribution in [-0.4, -0.2) is 14.7 Å². The standard InChI is InChI=1S/C29H24N2O5/c32-28-26(17-22-11-14-25(15-12-22)34-19-23-9-5-2-6-10-23)36-29(33)31(28)18-24-20-35-27(30-24)16-13-21-7-3-1-4-8-21/h1-16,20,32H,17-19H2. The van der Waals surface area contributed by atoms with E-state index in [-0.39, 0.29) is 24.6 Å². The molecule has 5 rings (SSSR count). The first kappa shape index (κ1) is 23.0. The molecule has 0 saturated heterocycles. The zero-order valence-electron chi connectivity index (χ0n) is 19.4. The fourth-order valence-electron chi connectivity index (χ4n) is 3.69. The number of hydrogen-bond donors (Lipinski definition) is 1. The van der Waals surface area contributed by atoms with E-state index in [1.807, 2.05) is 91.0 Å². The van der Waals surface area contributed by atoms with Crippen molar-refractivity contribution in [1.29, 1.82) is 0 Å². The first-order valence-electron chi connectivity index (χ1n) is 11.5. The van der Waals surface area contributed by atoms with Crippen molar-refractivity contribution in [2.45, 2.75) is 19.6 Å². The molecule has 180 valence electrons. The number of aromatic nitrogens is 2. The maximum atomic E-state index is 12.4. The van der Waals surface area contributed by atoms with Crippen LogP contribution < -0.4 is 10.5 Å². The Labute approximate surface area is 207 Å². The Morgan fingerprint density at radius 3 is 2.36 bits per heavy atom. The van der Waals surface area contributed by atoms with E-state index in [0.29, 0.717) is 18.2 Å². The van der Waals surface area contributed by atoms with E-state index < -0.39 is 5.76 Å². The Hall–Kier alpha value is -4.78. The van der Waals surface area contributed by atoms with Crippen LogP contribution in [0.15, 0.2) is 105 Å². The highest BCUT2D eigenvalue weighted by Crippen LogP contribution is 2.22. The van der Waals surface area contributed by atoms with Crippen LogP contribution in [0.4, 0.5) is 0 Å². The normalized spacial score (nSPS) is 11.2. The summed E-state index contributed by atoms with van der Waals surface area (Å²) in [5.41, 5.74) is 3.46. The van der Waals surface area contributed by atoms with Gasteiger partial charge >= 0.3 is 5.76 Å². The second-order valence-corrected chi connectivity index (χ2v) is 8.22. The Bertz CT molecular complexity index is 1500. The molecule has 0 aliphatic rings. The lowest BCUT2D eigenvalue weighted by atomic mass is 10.1. The molecule has 0 amide bonds. The van der Waals surface area contributed by atoms with Crippen molar-refractivity contribution in [3.63, 3.8) is 0 Å². The molecule has 2 heterocycles. The summed E-state index contributed by atoms with van der Waals surface area (Å²) in [6.07, 6.45) is 5.34. The van der Waals surface area contributed by atoms with Gasteiger partial charge in [-0.2, -0.15) is 0 Å². The molecule has 0 aliphatic carbocycles. The highest BCUT2D eigenvalue weighted by atomic mass is 16.5. The molecule has 36 heavy (non-hydrogen) atoms. The zero-order chi connectivity index (χ0) is 24.7. The summed E-state index contributed by atoms with van der Waals surface area (Å²) in [7, 11) is 0. The van der Waals surface area contributed by atoms with Gasteiger partial charge in [0, 0.05) is 12.5 Å². The van der Waals surface area contributed by atoms with Gasteiger partial charge in [0.1, 0.15) is 18.6 Å². The van der Waals surface area contributed by atoms with Gasteiger partial charge in [-0.05, 0) is 34.9 Å². The predicted molar refractivity (Wildman–Crippen MR) is 136 cm³/mol. The van der Waals surface area contributed by atoms with Crippen molar-refractivity contribution in [2.75, 3.05) is 0 Å². The Kier molecular flexibility index (Phi) is 6.80. The topological polar surface area (TPSA) is 90.6 Å². The van der Waals surface area contributed by atoms with Crippen LogP contribution >= 0.6 is 0 Å². The van der Waals surface area contributed by atoms with Crippen LogP contribution in [0.5, 0.6) is 11.6 Å². The van der Waals surface area contributed by atoms with Gasteiger partial charge in [-0.1, -0.05) is 72.8 Å². The van der Waals surface area contributed by atoms with Crippen molar-refractivity contribution in [2.24, 2.45) is 0 Å². The van der Waals surface area contributed by atoms with E-state index in [1.165, 1.54) is 6.26 Å². The highest BCUT2D eigenvalue weighted by Gasteiger charge is 2.18. The molecule has 7 nitrogen and oxygen atoms in total. The van der Waals surface area contributed by atoms with Crippen LogP contribution in [-0.2, 0) is 19.6 Å². The van der Waals surface area contributed by atoms with Crippen molar-refractivity contribution in [3.8, 4) is 11.6 Å². The third-order valence-electron chi connectivity index (χ3n) is 5.58. The van der Waals surface area contributed by atoms with Crippen LogP contribution in [0.2, 0.25) is 0 Å². The molecule has 5 aromatic rings. The Morgan fingerprint density at radius 2 is 1.61 bits per heavy atom. The molecular formula is C29H24N2O5. The van der Waals surface area contributed by atoms with Crippen LogP contribution in [0.1, 0.15) is 34.0 Å². The van der Waals surface area contributed by atoms with Gasteiger partial charge in [0.05, 0.1) is 12.2 Å². The lowest BCUT2D eigenvalue weighted by Crippen LogP contribution is -2.14.